The van der Waals surface area contributed by atoms with Crippen LogP contribution >= 0.6 is 0 Å². The van der Waals surface area contributed by atoms with E-state index in [9.17, 15) is 0 Å². The Hall–Kier alpha value is -1.39. The van der Waals surface area contributed by atoms with Gasteiger partial charge in [-0.1, -0.05) is 6.08 Å². The Morgan fingerprint density at radius 2 is 2.22 bits per heavy atom. The van der Waals surface area contributed by atoms with Crippen molar-refractivity contribution in [3.05, 3.63) is 29.5 Å². The van der Waals surface area contributed by atoms with Crippen LogP contribution in [0, 0.1) is 0 Å². The highest BCUT2D eigenvalue weighted by molar-refractivity contribution is 5.62. The summed E-state index contributed by atoms with van der Waals surface area (Å²) in [5.41, 5.74) is 8.86. The predicted molar refractivity (Wildman–Crippen MR) is 71.8 cm³/mol. The molecule has 4 heteroatoms. The molecule has 18 heavy (non-hydrogen) atoms. The molecule has 1 aliphatic heterocycles. The maximum atomic E-state index is 5.85. The molecule has 1 aromatic rings. The van der Waals surface area contributed by atoms with E-state index in [2.05, 4.69) is 4.98 Å². The number of anilines is 1. The van der Waals surface area contributed by atoms with Gasteiger partial charge in [0.15, 0.2) is 5.79 Å². The van der Waals surface area contributed by atoms with Crippen LogP contribution in [0.15, 0.2) is 18.2 Å². The first kappa shape index (κ1) is 13.1. The first-order valence-electron chi connectivity index (χ1n) is 6.14. The lowest BCUT2D eigenvalue weighted by Crippen LogP contribution is -2.19. The van der Waals surface area contributed by atoms with Gasteiger partial charge in [-0.05, 0) is 51.0 Å². The molecule has 98 valence electrons. The van der Waals surface area contributed by atoms with Crippen molar-refractivity contribution in [1.82, 2.24) is 4.98 Å². The standard InChI is InChI=1S/C14H20N2O2/c1-5-9(2)11-6-10(7-13(15)16-11)12-8-17-14(3,4)18-12/h5-7,12H,8H2,1-4H3,(H2,15,16). The van der Waals surface area contributed by atoms with Crippen molar-refractivity contribution in [2.45, 2.75) is 39.6 Å². The van der Waals surface area contributed by atoms with Gasteiger partial charge < -0.3 is 15.2 Å². The molecule has 1 fully saturated rings. The fourth-order valence-electron chi connectivity index (χ4n) is 1.96. The molecule has 0 bridgehead atoms. The monoisotopic (exact) mass is 248 g/mol. The second-order valence-corrected chi connectivity index (χ2v) is 5.00. The van der Waals surface area contributed by atoms with Gasteiger partial charge in [0.05, 0.1) is 12.3 Å². The van der Waals surface area contributed by atoms with Gasteiger partial charge in [0, 0.05) is 0 Å². The van der Waals surface area contributed by atoms with E-state index < -0.39 is 5.79 Å². The molecule has 1 aliphatic rings. The van der Waals surface area contributed by atoms with Gasteiger partial charge in [0.25, 0.3) is 0 Å². The van der Waals surface area contributed by atoms with E-state index in [1.165, 1.54) is 0 Å². The van der Waals surface area contributed by atoms with Crippen molar-refractivity contribution in [3.8, 4) is 0 Å². The third-order valence-electron chi connectivity index (χ3n) is 3.08. The number of aromatic nitrogens is 1. The predicted octanol–water partition coefficient (Wildman–Crippen LogP) is 2.91. The Morgan fingerprint density at radius 3 is 2.78 bits per heavy atom. The maximum Gasteiger partial charge on any atom is 0.163 e. The number of ether oxygens (including phenoxy) is 2. The zero-order valence-corrected chi connectivity index (χ0v) is 11.4. The van der Waals surface area contributed by atoms with Crippen LogP contribution in [-0.2, 0) is 9.47 Å². The van der Waals surface area contributed by atoms with Gasteiger partial charge in [-0.25, -0.2) is 4.98 Å². The van der Waals surface area contributed by atoms with Crippen molar-refractivity contribution in [2.75, 3.05) is 12.3 Å². The van der Waals surface area contributed by atoms with E-state index in [-0.39, 0.29) is 6.10 Å². The molecule has 0 saturated carbocycles. The fourth-order valence-corrected chi connectivity index (χ4v) is 1.96. The van der Waals surface area contributed by atoms with Crippen LogP contribution < -0.4 is 5.73 Å². The smallest absolute Gasteiger partial charge is 0.163 e. The van der Waals surface area contributed by atoms with E-state index in [0.717, 1.165) is 16.8 Å². The summed E-state index contributed by atoms with van der Waals surface area (Å²) in [5.74, 6) is -0.0181. The molecular weight excluding hydrogens is 228 g/mol. The second kappa shape index (κ2) is 4.71. The van der Waals surface area contributed by atoms with E-state index in [1.54, 1.807) is 0 Å². The Balaban J connectivity index is 2.32. The summed E-state index contributed by atoms with van der Waals surface area (Å²) >= 11 is 0. The molecule has 1 unspecified atom stereocenters. The van der Waals surface area contributed by atoms with Crippen LogP contribution in [0.25, 0.3) is 5.57 Å². The van der Waals surface area contributed by atoms with Crippen LogP contribution in [-0.4, -0.2) is 17.4 Å². The Bertz CT molecular complexity index is 481. The number of nitrogen functional groups attached to an aromatic ring is 1. The van der Waals surface area contributed by atoms with E-state index in [4.69, 9.17) is 15.2 Å². The minimum absolute atomic E-state index is 0.0753. The average molecular weight is 248 g/mol. The first-order valence-corrected chi connectivity index (χ1v) is 6.14. The fraction of sp³-hybridized carbons (Fsp3) is 0.500. The van der Waals surface area contributed by atoms with Crippen molar-refractivity contribution < 1.29 is 9.47 Å². The maximum absolute atomic E-state index is 5.85. The summed E-state index contributed by atoms with van der Waals surface area (Å²) in [5, 5.41) is 0. The molecule has 0 amide bonds. The van der Waals surface area contributed by atoms with Gasteiger partial charge >= 0.3 is 0 Å². The molecule has 0 aromatic carbocycles. The molecule has 0 radical (unpaired) electrons. The molecule has 2 heterocycles. The minimum atomic E-state index is -0.529. The highest BCUT2D eigenvalue weighted by Gasteiger charge is 2.33. The second-order valence-electron chi connectivity index (χ2n) is 5.00. The summed E-state index contributed by atoms with van der Waals surface area (Å²) < 4.78 is 11.4. The summed E-state index contributed by atoms with van der Waals surface area (Å²) in [6, 6.07) is 3.86. The number of hydrogen-bond acceptors (Lipinski definition) is 4. The minimum Gasteiger partial charge on any atom is -0.384 e. The molecule has 0 spiro atoms. The summed E-state index contributed by atoms with van der Waals surface area (Å²) in [7, 11) is 0. The number of rotatable bonds is 2. The lowest BCUT2D eigenvalue weighted by Gasteiger charge is -2.17. The van der Waals surface area contributed by atoms with Crippen LogP contribution in [0.1, 0.15) is 45.1 Å². The lowest BCUT2D eigenvalue weighted by atomic mass is 10.1. The van der Waals surface area contributed by atoms with Gasteiger partial charge in [-0.2, -0.15) is 0 Å². The molecule has 1 saturated heterocycles. The number of nitrogens with zero attached hydrogens (tertiary/aromatic N) is 1. The largest absolute Gasteiger partial charge is 0.384 e. The molecule has 1 aromatic heterocycles. The summed E-state index contributed by atoms with van der Waals surface area (Å²) in [4.78, 5) is 4.33. The molecular formula is C14H20N2O2. The highest BCUT2D eigenvalue weighted by Crippen LogP contribution is 2.34. The van der Waals surface area contributed by atoms with Gasteiger partial charge in [-0.3, -0.25) is 0 Å². The van der Waals surface area contributed by atoms with E-state index in [0.29, 0.717) is 12.4 Å². The van der Waals surface area contributed by atoms with E-state index >= 15 is 0 Å². The van der Waals surface area contributed by atoms with Crippen LogP contribution in [0.3, 0.4) is 0 Å². The average Bonchev–Trinajstić information content (AvgIpc) is 2.68. The van der Waals surface area contributed by atoms with Crippen molar-refractivity contribution in [1.29, 1.82) is 0 Å². The zero-order chi connectivity index (χ0) is 13.3. The topological polar surface area (TPSA) is 57.4 Å². The number of nitrogens with two attached hydrogens (primary N) is 1. The molecule has 4 nitrogen and oxygen atoms in total. The summed E-state index contributed by atoms with van der Waals surface area (Å²) in [6.45, 7) is 8.37. The third kappa shape index (κ3) is 2.71. The molecule has 0 aliphatic carbocycles. The molecule has 2 rings (SSSR count). The number of hydrogen-bond donors (Lipinski definition) is 1. The summed E-state index contributed by atoms with van der Waals surface area (Å²) in [6.07, 6.45) is 1.94. The van der Waals surface area contributed by atoms with Crippen molar-refractivity contribution in [3.63, 3.8) is 0 Å². The normalized spacial score (nSPS) is 23.3. The molecule has 1 atom stereocenters. The lowest BCUT2D eigenvalue weighted by molar-refractivity contribution is -0.139. The first-order chi connectivity index (χ1) is 8.41. The van der Waals surface area contributed by atoms with Crippen molar-refractivity contribution in [2.24, 2.45) is 0 Å². The Labute approximate surface area is 108 Å². The quantitative estimate of drug-likeness (QED) is 0.874. The van der Waals surface area contributed by atoms with Gasteiger partial charge in [0.2, 0.25) is 0 Å². The van der Waals surface area contributed by atoms with Crippen LogP contribution in [0.2, 0.25) is 0 Å². The third-order valence-corrected chi connectivity index (χ3v) is 3.08. The molecule has 2 N–H and O–H groups in total. The zero-order valence-electron chi connectivity index (χ0n) is 11.4. The number of pyridine rings is 1. The highest BCUT2D eigenvalue weighted by atomic mass is 16.7. The SMILES string of the molecule is CC=C(C)c1cc(C2COC(C)(C)O2)cc(N)n1. The number of allylic oxidation sites excluding steroid dienone is 2. The van der Waals surface area contributed by atoms with Gasteiger partial charge in [-0.15, -0.1) is 0 Å². The van der Waals surface area contributed by atoms with Crippen molar-refractivity contribution >= 4 is 11.4 Å². The Morgan fingerprint density at radius 1 is 1.50 bits per heavy atom. The van der Waals surface area contributed by atoms with Crippen LogP contribution in [0.5, 0.6) is 0 Å². The Kier molecular flexibility index (Phi) is 3.41. The van der Waals surface area contributed by atoms with Gasteiger partial charge in [0.1, 0.15) is 11.9 Å². The van der Waals surface area contributed by atoms with E-state index in [1.807, 2.05) is 45.9 Å². The van der Waals surface area contributed by atoms with Crippen LogP contribution in [0.4, 0.5) is 5.82 Å².